The van der Waals surface area contributed by atoms with Crippen LogP contribution in [0.1, 0.15) is 31.5 Å². The largest absolute Gasteiger partial charge is 0.332 e. The Labute approximate surface area is 150 Å². The predicted molar refractivity (Wildman–Crippen MR) is 94.5 cm³/mol. The lowest BCUT2D eigenvalue weighted by Gasteiger charge is -2.28. The van der Waals surface area contributed by atoms with Crippen LogP contribution in [0.2, 0.25) is 0 Å². The topological polar surface area (TPSA) is 128 Å². The maximum absolute atomic E-state index is 11.3. The molecule has 0 atom stereocenters. The summed E-state index contributed by atoms with van der Waals surface area (Å²) < 4.78 is 28.1. The minimum atomic E-state index is -3.73. The Bertz CT molecular complexity index is 1060. The third-order valence-electron chi connectivity index (χ3n) is 4.73. The van der Waals surface area contributed by atoms with Crippen molar-refractivity contribution in [2.75, 3.05) is 0 Å². The number of nitrogens with two attached hydrogens (primary N) is 1. The summed E-state index contributed by atoms with van der Waals surface area (Å²) in [6, 6.07) is 6.03. The number of nitrogens with zero attached hydrogens (tertiary/aromatic N) is 3. The number of nitrogens with one attached hydrogen (secondary N) is 1. The van der Waals surface area contributed by atoms with Crippen LogP contribution < -0.4 is 5.14 Å². The Morgan fingerprint density at radius 1 is 1.23 bits per heavy atom. The quantitative estimate of drug-likeness (QED) is 0.725. The number of primary sulfonamides is 1. The molecule has 1 aromatic carbocycles. The van der Waals surface area contributed by atoms with Gasteiger partial charge in [0.1, 0.15) is 5.69 Å². The van der Waals surface area contributed by atoms with Crippen molar-refractivity contribution in [1.82, 2.24) is 20.3 Å². The van der Waals surface area contributed by atoms with Gasteiger partial charge in [-0.25, -0.2) is 13.6 Å². The van der Waals surface area contributed by atoms with E-state index < -0.39 is 10.0 Å². The molecule has 0 spiro atoms. The van der Waals surface area contributed by atoms with Crippen molar-refractivity contribution < 1.29 is 12.9 Å². The Balaban J connectivity index is 1.65. The fourth-order valence-electron chi connectivity index (χ4n) is 3.24. The number of benzene rings is 1. The second-order valence-corrected chi connectivity index (χ2v) is 8.92. The van der Waals surface area contributed by atoms with Crippen molar-refractivity contribution in [1.29, 1.82) is 0 Å². The number of H-pyrrole nitrogens is 1. The van der Waals surface area contributed by atoms with Gasteiger partial charge in [-0.1, -0.05) is 19.0 Å². The molecule has 9 heteroatoms. The predicted octanol–water partition coefficient (Wildman–Crippen LogP) is 2.29. The van der Waals surface area contributed by atoms with E-state index in [4.69, 9.17) is 9.66 Å². The van der Waals surface area contributed by atoms with E-state index in [1.165, 1.54) is 12.1 Å². The molecule has 0 saturated heterocycles. The normalized spacial score (nSPS) is 16.4. The molecule has 0 amide bonds. The zero-order chi connectivity index (χ0) is 18.5. The van der Waals surface area contributed by atoms with Gasteiger partial charge in [0.15, 0.2) is 0 Å². The van der Waals surface area contributed by atoms with Crippen LogP contribution in [0.3, 0.4) is 0 Å². The summed E-state index contributed by atoms with van der Waals surface area (Å²) in [5.41, 5.74) is 3.82. The molecule has 1 aliphatic rings. The summed E-state index contributed by atoms with van der Waals surface area (Å²) in [4.78, 5) is 4.47. The van der Waals surface area contributed by atoms with Crippen LogP contribution in [0.15, 0.2) is 33.7 Å². The van der Waals surface area contributed by atoms with Gasteiger partial charge in [-0.3, -0.25) is 5.10 Å². The first-order valence-electron chi connectivity index (χ1n) is 8.26. The molecular formula is C17H19N5O3S. The lowest BCUT2D eigenvalue weighted by atomic mass is 9.76. The highest BCUT2D eigenvalue weighted by Crippen LogP contribution is 2.37. The Kier molecular flexibility index (Phi) is 3.74. The minimum Gasteiger partial charge on any atom is -0.332 e. The summed E-state index contributed by atoms with van der Waals surface area (Å²) in [6.07, 6.45) is 2.90. The van der Waals surface area contributed by atoms with E-state index in [1.807, 2.05) is 0 Å². The van der Waals surface area contributed by atoms with Gasteiger partial charge in [0.25, 0.3) is 5.89 Å². The van der Waals surface area contributed by atoms with Crippen LogP contribution in [0.25, 0.3) is 23.0 Å². The molecule has 136 valence electrons. The zero-order valence-corrected chi connectivity index (χ0v) is 15.3. The summed E-state index contributed by atoms with van der Waals surface area (Å²) in [7, 11) is -3.73. The summed E-state index contributed by atoms with van der Waals surface area (Å²) >= 11 is 0. The lowest BCUT2D eigenvalue weighted by molar-refractivity contribution is 0.312. The van der Waals surface area contributed by atoms with Crippen molar-refractivity contribution in [2.45, 2.75) is 38.0 Å². The smallest absolute Gasteiger partial charge is 0.276 e. The van der Waals surface area contributed by atoms with Crippen molar-refractivity contribution in [2.24, 2.45) is 10.6 Å². The van der Waals surface area contributed by atoms with Crippen LogP contribution in [-0.4, -0.2) is 28.8 Å². The summed E-state index contributed by atoms with van der Waals surface area (Å²) in [5.74, 6) is 0.754. The molecular weight excluding hydrogens is 354 g/mol. The number of sulfonamides is 1. The summed E-state index contributed by atoms with van der Waals surface area (Å²) in [5, 5.41) is 16.5. The minimum absolute atomic E-state index is 0.0372. The second-order valence-electron chi connectivity index (χ2n) is 7.36. The SMILES string of the molecule is CC1(C)CCc2c(n[nH]c2-c2nc(-c3ccc(S(N)(=O)=O)cc3)no2)C1. The van der Waals surface area contributed by atoms with E-state index in [0.29, 0.717) is 17.3 Å². The van der Waals surface area contributed by atoms with Crippen LogP contribution >= 0.6 is 0 Å². The molecule has 0 saturated carbocycles. The van der Waals surface area contributed by atoms with Gasteiger partial charge in [-0.2, -0.15) is 10.1 Å². The number of rotatable bonds is 3. The molecule has 3 aromatic rings. The van der Waals surface area contributed by atoms with Crippen molar-refractivity contribution in [3.8, 4) is 23.0 Å². The Morgan fingerprint density at radius 3 is 2.65 bits per heavy atom. The van der Waals surface area contributed by atoms with E-state index in [9.17, 15) is 8.42 Å². The van der Waals surface area contributed by atoms with Gasteiger partial charge in [-0.15, -0.1) is 0 Å². The maximum atomic E-state index is 11.3. The lowest BCUT2D eigenvalue weighted by Crippen LogP contribution is -2.21. The van der Waals surface area contributed by atoms with Crippen LogP contribution in [0.4, 0.5) is 0 Å². The van der Waals surface area contributed by atoms with E-state index in [1.54, 1.807) is 12.1 Å². The highest BCUT2D eigenvalue weighted by atomic mass is 32.2. The fourth-order valence-corrected chi connectivity index (χ4v) is 3.75. The maximum Gasteiger partial charge on any atom is 0.276 e. The molecule has 8 nitrogen and oxygen atoms in total. The van der Waals surface area contributed by atoms with Crippen LogP contribution in [-0.2, 0) is 22.9 Å². The molecule has 0 radical (unpaired) electrons. The molecule has 0 unspecified atom stereocenters. The monoisotopic (exact) mass is 373 g/mol. The van der Waals surface area contributed by atoms with E-state index in [-0.39, 0.29) is 10.3 Å². The number of aromatic amines is 1. The Morgan fingerprint density at radius 2 is 1.96 bits per heavy atom. The molecule has 3 N–H and O–H groups in total. The molecule has 26 heavy (non-hydrogen) atoms. The molecule has 0 fully saturated rings. The standard InChI is InChI=1S/C17H19N5O3S/c1-17(2)8-7-12-13(9-17)20-21-14(12)16-19-15(22-25-16)10-3-5-11(6-4-10)26(18,23)24/h3-6H,7-9H2,1-2H3,(H,20,21)(H2,18,23,24). The first-order valence-corrected chi connectivity index (χ1v) is 9.81. The first kappa shape index (κ1) is 16.9. The molecule has 2 aromatic heterocycles. The molecule has 0 aliphatic heterocycles. The molecule has 4 rings (SSSR count). The van der Waals surface area contributed by atoms with Gasteiger partial charge in [0.2, 0.25) is 15.8 Å². The number of hydrogen-bond donors (Lipinski definition) is 2. The van der Waals surface area contributed by atoms with Gasteiger partial charge in [0, 0.05) is 11.1 Å². The number of aromatic nitrogens is 4. The van der Waals surface area contributed by atoms with Crippen LogP contribution in [0, 0.1) is 5.41 Å². The molecule has 1 aliphatic carbocycles. The highest BCUT2D eigenvalue weighted by molar-refractivity contribution is 7.89. The third-order valence-corrected chi connectivity index (χ3v) is 5.66. The van der Waals surface area contributed by atoms with Crippen molar-refractivity contribution in [3.63, 3.8) is 0 Å². The van der Waals surface area contributed by atoms with Gasteiger partial charge < -0.3 is 4.52 Å². The average Bonchev–Trinajstić information content (AvgIpc) is 3.19. The molecule has 2 heterocycles. The van der Waals surface area contributed by atoms with E-state index in [2.05, 4.69) is 34.2 Å². The molecule has 0 bridgehead atoms. The first-order chi connectivity index (χ1) is 12.2. The van der Waals surface area contributed by atoms with E-state index >= 15 is 0 Å². The fraction of sp³-hybridized carbons (Fsp3) is 0.353. The highest BCUT2D eigenvalue weighted by Gasteiger charge is 2.30. The van der Waals surface area contributed by atoms with Crippen LogP contribution in [0.5, 0.6) is 0 Å². The van der Waals surface area contributed by atoms with Gasteiger partial charge in [-0.05, 0) is 48.9 Å². The average molecular weight is 373 g/mol. The van der Waals surface area contributed by atoms with Gasteiger partial charge in [0.05, 0.1) is 10.6 Å². The third kappa shape index (κ3) is 3.04. The van der Waals surface area contributed by atoms with Crippen molar-refractivity contribution in [3.05, 3.63) is 35.5 Å². The zero-order valence-electron chi connectivity index (χ0n) is 14.5. The second kappa shape index (κ2) is 5.75. The number of hydrogen-bond acceptors (Lipinski definition) is 6. The van der Waals surface area contributed by atoms with Crippen molar-refractivity contribution >= 4 is 10.0 Å². The summed E-state index contributed by atoms with van der Waals surface area (Å²) in [6.45, 7) is 4.47. The Hall–Kier alpha value is -2.52. The number of fused-ring (bicyclic) bond motifs is 1. The van der Waals surface area contributed by atoms with E-state index in [0.717, 1.165) is 36.2 Å². The van der Waals surface area contributed by atoms with Gasteiger partial charge >= 0.3 is 0 Å².